The summed E-state index contributed by atoms with van der Waals surface area (Å²) in [7, 11) is 0. The number of nitrogens with zero attached hydrogens (tertiary/aromatic N) is 1. The van der Waals surface area contributed by atoms with Gasteiger partial charge in [0.05, 0.1) is 4.88 Å². The Bertz CT molecular complexity index is 561. The van der Waals surface area contributed by atoms with Crippen LogP contribution in [0.3, 0.4) is 0 Å². The summed E-state index contributed by atoms with van der Waals surface area (Å²) in [4.78, 5) is 5.58. The molecule has 1 aromatic heterocycles. The number of aromatic nitrogens is 1. The van der Waals surface area contributed by atoms with Gasteiger partial charge in [0.15, 0.2) is 0 Å². The predicted octanol–water partition coefficient (Wildman–Crippen LogP) is 3.96. The molecule has 90 valence electrons. The van der Waals surface area contributed by atoms with Gasteiger partial charge in [0.1, 0.15) is 9.61 Å². The fourth-order valence-corrected chi connectivity index (χ4v) is 3.50. The largest absolute Gasteiger partial charge is 0.325 e. The normalized spacial score (nSPS) is 10.9. The molecular weight excluding hydrogens is 296 g/mol. The van der Waals surface area contributed by atoms with Gasteiger partial charge in [-0.1, -0.05) is 6.07 Å². The van der Waals surface area contributed by atoms with E-state index in [9.17, 15) is 0 Å². The lowest BCUT2D eigenvalue weighted by Gasteiger charge is -2.08. The number of rotatable bonds is 2. The van der Waals surface area contributed by atoms with E-state index in [0.717, 1.165) is 9.61 Å². The summed E-state index contributed by atoms with van der Waals surface area (Å²) in [6.45, 7) is 6.90. The molecule has 0 aliphatic rings. The zero-order valence-electron chi connectivity index (χ0n) is 10.2. The highest BCUT2D eigenvalue weighted by molar-refractivity contribution is 9.10. The van der Waals surface area contributed by atoms with Gasteiger partial charge in [-0.05, 0) is 65.0 Å². The first-order valence-corrected chi connectivity index (χ1v) is 7.07. The number of hydrogen-bond donors (Lipinski definition) is 1. The molecule has 0 spiro atoms. The molecular formula is C13H15BrN2S. The molecule has 2 nitrogen and oxygen atoms in total. The van der Waals surface area contributed by atoms with Crippen molar-refractivity contribution in [2.45, 2.75) is 27.3 Å². The maximum atomic E-state index is 5.63. The second-order valence-electron chi connectivity index (χ2n) is 4.18. The van der Waals surface area contributed by atoms with E-state index in [2.05, 4.69) is 53.8 Å². The summed E-state index contributed by atoms with van der Waals surface area (Å²) in [6.07, 6.45) is 0. The lowest BCUT2D eigenvalue weighted by Crippen LogP contribution is -1.93. The number of aryl methyl sites for hydroxylation is 3. The molecule has 0 atom stereocenters. The van der Waals surface area contributed by atoms with Crippen molar-refractivity contribution < 1.29 is 0 Å². The molecule has 0 amide bonds. The molecule has 2 aromatic rings. The van der Waals surface area contributed by atoms with Crippen LogP contribution in [0.5, 0.6) is 0 Å². The second-order valence-corrected chi connectivity index (χ2v) is 6.02. The van der Waals surface area contributed by atoms with Crippen molar-refractivity contribution in [3.63, 3.8) is 0 Å². The van der Waals surface area contributed by atoms with Crippen LogP contribution < -0.4 is 5.73 Å². The highest BCUT2D eigenvalue weighted by atomic mass is 79.9. The Hall–Kier alpha value is -0.710. The van der Waals surface area contributed by atoms with E-state index in [1.807, 2.05) is 0 Å². The third-order valence-corrected chi connectivity index (χ3v) is 4.84. The summed E-state index contributed by atoms with van der Waals surface area (Å²) in [6, 6.07) is 4.45. The van der Waals surface area contributed by atoms with Gasteiger partial charge in [0.2, 0.25) is 0 Å². The van der Waals surface area contributed by atoms with Gasteiger partial charge in [-0.2, -0.15) is 0 Å². The molecule has 1 heterocycles. The molecule has 0 fully saturated rings. The Morgan fingerprint density at radius 3 is 2.41 bits per heavy atom. The molecule has 0 aliphatic carbocycles. The second kappa shape index (κ2) is 4.88. The smallest absolute Gasteiger partial charge is 0.125 e. The summed E-state index contributed by atoms with van der Waals surface area (Å²) in [5, 5.41) is 0.963. The van der Waals surface area contributed by atoms with Crippen LogP contribution in [0.15, 0.2) is 16.7 Å². The fraction of sp³-hybridized carbons (Fsp3) is 0.308. The number of thiazole rings is 1. The molecule has 0 saturated carbocycles. The zero-order chi connectivity index (χ0) is 12.6. The minimum absolute atomic E-state index is 0.493. The molecule has 0 unspecified atom stereocenters. The van der Waals surface area contributed by atoms with Crippen molar-refractivity contribution >= 4 is 27.3 Å². The topological polar surface area (TPSA) is 38.9 Å². The van der Waals surface area contributed by atoms with E-state index in [-0.39, 0.29) is 0 Å². The number of hydrogen-bond acceptors (Lipinski definition) is 3. The van der Waals surface area contributed by atoms with E-state index >= 15 is 0 Å². The van der Waals surface area contributed by atoms with Crippen LogP contribution >= 0.6 is 27.3 Å². The van der Waals surface area contributed by atoms with Gasteiger partial charge in [-0.3, -0.25) is 0 Å². The lowest BCUT2D eigenvalue weighted by atomic mass is 10.0. The molecule has 2 rings (SSSR count). The average molecular weight is 311 g/mol. The predicted molar refractivity (Wildman–Crippen MR) is 77.4 cm³/mol. The van der Waals surface area contributed by atoms with Gasteiger partial charge in [0.25, 0.3) is 0 Å². The van der Waals surface area contributed by atoms with Gasteiger partial charge in [-0.15, -0.1) is 11.3 Å². The summed E-state index contributed by atoms with van der Waals surface area (Å²) >= 11 is 5.17. The SMILES string of the molecule is Cc1cc(C)c(-c2sc(CN)nc2Br)cc1C. The molecule has 1 aromatic carbocycles. The minimum Gasteiger partial charge on any atom is -0.325 e. The maximum Gasteiger partial charge on any atom is 0.125 e. The van der Waals surface area contributed by atoms with Gasteiger partial charge in [-0.25, -0.2) is 4.98 Å². The highest BCUT2D eigenvalue weighted by Crippen LogP contribution is 2.36. The quantitative estimate of drug-likeness (QED) is 0.912. The Balaban J connectivity index is 2.59. The number of nitrogens with two attached hydrogens (primary N) is 1. The van der Waals surface area contributed by atoms with Crippen molar-refractivity contribution in [1.82, 2.24) is 4.98 Å². The van der Waals surface area contributed by atoms with Crippen molar-refractivity contribution in [2.75, 3.05) is 0 Å². The van der Waals surface area contributed by atoms with Gasteiger partial charge < -0.3 is 5.73 Å². The molecule has 17 heavy (non-hydrogen) atoms. The van der Waals surface area contributed by atoms with E-state index in [4.69, 9.17) is 5.73 Å². The number of benzene rings is 1. The van der Waals surface area contributed by atoms with E-state index in [0.29, 0.717) is 6.54 Å². The fourth-order valence-electron chi connectivity index (χ4n) is 1.80. The average Bonchev–Trinajstić information content (AvgIpc) is 2.65. The summed E-state index contributed by atoms with van der Waals surface area (Å²) in [5.41, 5.74) is 10.8. The van der Waals surface area contributed by atoms with Crippen LogP contribution in [-0.2, 0) is 6.54 Å². The summed E-state index contributed by atoms with van der Waals surface area (Å²) < 4.78 is 0.898. The molecule has 0 aliphatic heterocycles. The first-order chi connectivity index (χ1) is 8.02. The molecule has 0 radical (unpaired) electrons. The molecule has 0 saturated heterocycles. The van der Waals surface area contributed by atoms with E-state index in [1.165, 1.54) is 27.1 Å². The Labute approximate surface area is 114 Å². The van der Waals surface area contributed by atoms with E-state index in [1.54, 1.807) is 11.3 Å². The molecule has 0 bridgehead atoms. The first-order valence-electron chi connectivity index (χ1n) is 5.46. The van der Waals surface area contributed by atoms with Crippen LogP contribution in [0.4, 0.5) is 0 Å². The van der Waals surface area contributed by atoms with Crippen molar-refractivity contribution in [3.05, 3.63) is 38.4 Å². The van der Waals surface area contributed by atoms with Crippen molar-refractivity contribution in [1.29, 1.82) is 0 Å². The van der Waals surface area contributed by atoms with Gasteiger partial charge in [0, 0.05) is 6.54 Å². The third-order valence-electron chi connectivity index (χ3n) is 2.89. The highest BCUT2D eigenvalue weighted by Gasteiger charge is 2.13. The van der Waals surface area contributed by atoms with Crippen LogP contribution in [0.2, 0.25) is 0 Å². The number of halogens is 1. The standard InChI is InChI=1S/C13H15BrN2S/c1-7-4-9(3)10(5-8(7)2)12-13(14)16-11(6-15)17-12/h4-5H,6,15H2,1-3H3. The maximum absolute atomic E-state index is 5.63. The van der Waals surface area contributed by atoms with Crippen LogP contribution in [0, 0.1) is 20.8 Å². The Kier molecular flexibility index (Phi) is 3.66. The Morgan fingerprint density at radius 2 is 1.82 bits per heavy atom. The third kappa shape index (κ3) is 2.44. The zero-order valence-corrected chi connectivity index (χ0v) is 12.6. The lowest BCUT2D eigenvalue weighted by molar-refractivity contribution is 1.03. The van der Waals surface area contributed by atoms with Crippen molar-refractivity contribution in [3.8, 4) is 10.4 Å². The van der Waals surface area contributed by atoms with Crippen LogP contribution in [-0.4, -0.2) is 4.98 Å². The first kappa shape index (κ1) is 12.7. The molecule has 4 heteroatoms. The van der Waals surface area contributed by atoms with E-state index < -0.39 is 0 Å². The Morgan fingerprint density at radius 1 is 1.18 bits per heavy atom. The molecule has 2 N–H and O–H groups in total. The summed E-state index contributed by atoms with van der Waals surface area (Å²) in [5.74, 6) is 0. The van der Waals surface area contributed by atoms with Crippen LogP contribution in [0.1, 0.15) is 21.7 Å². The van der Waals surface area contributed by atoms with Crippen molar-refractivity contribution in [2.24, 2.45) is 5.73 Å². The monoisotopic (exact) mass is 310 g/mol. The van der Waals surface area contributed by atoms with Crippen LogP contribution in [0.25, 0.3) is 10.4 Å². The van der Waals surface area contributed by atoms with Gasteiger partial charge >= 0.3 is 0 Å². The minimum atomic E-state index is 0.493.